The second-order valence-corrected chi connectivity index (χ2v) is 4.84. The fraction of sp³-hybridized carbons (Fsp3) is 0.500. The van der Waals surface area contributed by atoms with Crippen molar-refractivity contribution >= 4 is 0 Å². The molecule has 0 saturated carbocycles. The third-order valence-electron chi connectivity index (χ3n) is 3.39. The van der Waals surface area contributed by atoms with Crippen molar-refractivity contribution in [2.24, 2.45) is 5.73 Å². The summed E-state index contributed by atoms with van der Waals surface area (Å²) in [6.45, 7) is 4.29. The summed E-state index contributed by atoms with van der Waals surface area (Å²) >= 11 is 0. The number of ether oxygens (including phenoxy) is 1. The zero-order chi connectivity index (χ0) is 14.5. The van der Waals surface area contributed by atoms with E-state index in [1.807, 2.05) is 16.9 Å². The normalized spacial score (nSPS) is 14.0. The van der Waals surface area contributed by atoms with E-state index in [2.05, 4.69) is 28.9 Å². The lowest BCUT2D eigenvalue weighted by molar-refractivity contribution is 0.395. The molecular formula is C14H21N5O. The maximum atomic E-state index is 6.17. The Bertz CT molecular complexity index is 554. The van der Waals surface area contributed by atoms with Crippen molar-refractivity contribution in [3.63, 3.8) is 0 Å². The topological polar surface area (TPSA) is 78.9 Å². The minimum atomic E-state index is -0.216. The highest BCUT2D eigenvalue weighted by Gasteiger charge is 2.13. The van der Waals surface area contributed by atoms with Crippen molar-refractivity contribution in [3.8, 4) is 5.88 Å². The molecule has 2 aromatic heterocycles. The molecule has 0 fully saturated rings. The number of hydrogen-bond donors (Lipinski definition) is 1. The van der Waals surface area contributed by atoms with Crippen LogP contribution in [0.2, 0.25) is 0 Å². The highest BCUT2D eigenvalue weighted by molar-refractivity contribution is 5.18. The Labute approximate surface area is 119 Å². The van der Waals surface area contributed by atoms with Gasteiger partial charge in [-0.3, -0.25) is 4.68 Å². The van der Waals surface area contributed by atoms with Crippen LogP contribution in [-0.4, -0.2) is 26.9 Å². The van der Waals surface area contributed by atoms with Gasteiger partial charge < -0.3 is 10.5 Å². The number of nitrogens with two attached hydrogens (primary N) is 1. The molecular weight excluding hydrogens is 254 g/mol. The van der Waals surface area contributed by atoms with Crippen molar-refractivity contribution in [1.29, 1.82) is 0 Å². The Morgan fingerprint density at radius 2 is 2.20 bits per heavy atom. The van der Waals surface area contributed by atoms with E-state index in [4.69, 9.17) is 10.5 Å². The number of nitrogens with zero attached hydrogens (tertiary/aromatic N) is 4. The molecule has 0 aliphatic carbocycles. The lowest BCUT2D eigenvalue weighted by atomic mass is 10.1. The molecule has 6 heteroatoms. The third kappa shape index (κ3) is 3.33. The first-order chi connectivity index (χ1) is 9.63. The van der Waals surface area contributed by atoms with Crippen LogP contribution in [0.4, 0.5) is 0 Å². The second kappa shape index (κ2) is 6.47. The van der Waals surface area contributed by atoms with Gasteiger partial charge >= 0.3 is 0 Å². The lowest BCUT2D eigenvalue weighted by Crippen LogP contribution is -2.16. The van der Waals surface area contributed by atoms with Crippen molar-refractivity contribution in [1.82, 2.24) is 19.7 Å². The van der Waals surface area contributed by atoms with E-state index in [9.17, 15) is 0 Å². The van der Waals surface area contributed by atoms with Gasteiger partial charge in [0.05, 0.1) is 24.5 Å². The molecule has 0 aliphatic heterocycles. The lowest BCUT2D eigenvalue weighted by Gasteiger charge is -2.11. The largest absolute Gasteiger partial charge is 0.481 e. The maximum absolute atomic E-state index is 6.17. The van der Waals surface area contributed by atoms with Crippen molar-refractivity contribution in [2.45, 2.75) is 38.8 Å². The smallest absolute Gasteiger partial charge is 0.216 e. The first kappa shape index (κ1) is 14.5. The van der Waals surface area contributed by atoms with Gasteiger partial charge in [-0.1, -0.05) is 6.92 Å². The van der Waals surface area contributed by atoms with E-state index in [-0.39, 0.29) is 6.04 Å². The van der Waals surface area contributed by atoms with Crippen LogP contribution in [-0.2, 0) is 6.42 Å². The molecule has 108 valence electrons. The molecule has 20 heavy (non-hydrogen) atoms. The molecule has 0 aromatic carbocycles. The van der Waals surface area contributed by atoms with E-state index in [0.717, 1.165) is 17.8 Å². The zero-order valence-electron chi connectivity index (χ0n) is 12.2. The summed E-state index contributed by atoms with van der Waals surface area (Å²) < 4.78 is 7.05. The Morgan fingerprint density at radius 1 is 1.40 bits per heavy atom. The molecule has 0 bridgehead atoms. The van der Waals surface area contributed by atoms with Crippen LogP contribution in [0.1, 0.15) is 43.7 Å². The fourth-order valence-corrected chi connectivity index (χ4v) is 1.92. The number of hydrogen-bond acceptors (Lipinski definition) is 5. The Hall–Kier alpha value is -1.95. The van der Waals surface area contributed by atoms with Crippen LogP contribution >= 0.6 is 0 Å². The summed E-state index contributed by atoms with van der Waals surface area (Å²) in [6, 6.07) is 3.95. The van der Waals surface area contributed by atoms with Crippen LogP contribution in [0.25, 0.3) is 0 Å². The van der Waals surface area contributed by atoms with Crippen LogP contribution < -0.4 is 10.5 Å². The van der Waals surface area contributed by atoms with Gasteiger partial charge in [-0.25, -0.2) is 9.97 Å². The minimum Gasteiger partial charge on any atom is -0.481 e. The fourth-order valence-electron chi connectivity index (χ4n) is 1.92. The molecule has 2 atom stereocenters. The number of aromatic nitrogens is 4. The molecule has 0 spiro atoms. The van der Waals surface area contributed by atoms with Gasteiger partial charge in [-0.15, -0.1) is 0 Å². The van der Waals surface area contributed by atoms with Gasteiger partial charge in [0.1, 0.15) is 6.33 Å². The SMILES string of the molecule is CCC(C)n1ccc(CC(N)c2cc(OC)ncn2)n1. The highest BCUT2D eigenvalue weighted by atomic mass is 16.5. The zero-order valence-corrected chi connectivity index (χ0v) is 12.2. The van der Waals surface area contributed by atoms with Gasteiger partial charge in [0.2, 0.25) is 5.88 Å². The number of methoxy groups -OCH3 is 1. The van der Waals surface area contributed by atoms with E-state index in [0.29, 0.717) is 18.3 Å². The molecule has 2 rings (SSSR count). The summed E-state index contributed by atoms with van der Waals surface area (Å²) in [5, 5.41) is 4.55. The molecule has 0 aliphatic rings. The molecule has 0 amide bonds. The molecule has 6 nitrogen and oxygen atoms in total. The van der Waals surface area contributed by atoms with E-state index >= 15 is 0 Å². The quantitative estimate of drug-likeness (QED) is 0.871. The predicted octanol–water partition coefficient (Wildman–Crippen LogP) is 1.90. The molecule has 2 heterocycles. The van der Waals surface area contributed by atoms with E-state index < -0.39 is 0 Å². The van der Waals surface area contributed by atoms with Crippen LogP contribution in [0.15, 0.2) is 24.7 Å². The first-order valence-corrected chi connectivity index (χ1v) is 6.79. The average molecular weight is 275 g/mol. The number of rotatable bonds is 6. The predicted molar refractivity (Wildman–Crippen MR) is 76.4 cm³/mol. The Morgan fingerprint density at radius 3 is 2.90 bits per heavy atom. The monoisotopic (exact) mass is 275 g/mol. The van der Waals surface area contributed by atoms with Crippen LogP contribution in [0.3, 0.4) is 0 Å². The third-order valence-corrected chi connectivity index (χ3v) is 3.39. The molecule has 0 saturated heterocycles. The summed E-state index contributed by atoms with van der Waals surface area (Å²) in [5.41, 5.74) is 7.90. The van der Waals surface area contributed by atoms with E-state index in [1.165, 1.54) is 6.33 Å². The van der Waals surface area contributed by atoms with Crippen LogP contribution in [0, 0.1) is 0 Å². The molecule has 2 aromatic rings. The average Bonchev–Trinajstić information content (AvgIpc) is 2.95. The standard InChI is InChI=1S/C14H21N5O/c1-4-10(2)19-6-5-11(18-19)7-12(15)13-8-14(20-3)17-9-16-13/h5-6,8-10,12H,4,7,15H2,1-3H3. The maximum Gasteiger partial charge on any atom is 0.216 e. The summed E-state index contributed by atoms with van der Waals surface area (Å²) in [5.74, 6) is 0.524. The highest BCUT2D eigenvalue weighted by Crippen LogP contribution is 2.17. The summed E-state index contributed by atoms with van der Waals surface area (Å²) in [6.07, 6.45) is 5.16. The van der Waals surface area contributed by atoms with Gasteiger partial charge in [0.25, 0.3) is 0 Å². The second-order valence-electron chi connectivity index (χ2n) is 4.84. The molecule has 0 radical (unpaired) electrons. The van der Waals surface area contributed by atoms with Crippen molar-refractivity contribution in [3.05, 3.63) is 36.0 Å². The van der Waals surface area contributed by atoms with Crippen molar-refractivity contribution < 1.29 is 4.74 Å². The van der Waals surface area contributed by atoms with E-state index in [1.54, 1.807) is 13.2 Å². The van der Waals surface area contributed by atoms with Gasteiger partial charge in [-0.05, 0) is 19.4 Å². The summed E-state index contributed by atoms with van der Waals surface area (Å²) in [7, 11) is 1.57. The first-order valence-electron chi connectivity index (χ1n) is 6.79. The Balaban J connectivity index is 2.07. The molecule has 2 unspecified atom stereocenters. The van der Waals surface area contributed by atoms with Crippen molar-refractivity contribution in [2.75, 3.05) is 7.11 Å². The minimum absolute atomic E-state index is 0.216. The van der Waals surface area contributed by atoms with Gasteiger partial charge in [0.15, 0.2) is 0 Å². The Kier molecular flexibility index (Phi) is 4.68. The van der Waals surface area contributed by atoms with Crippen LogP contribution in [0.5, 0.6) is 5.88 Å². The van der Waals surface area contributed by atoms with Gasteiger partial charge in [-0.2, -0.15) is 5.10 Å². The molecule has 2 N–H and O–H groups in total. The summed E-state index contributed by atoms with van der Waals surface area (Å²) in [4.78, 5) is 8.17. The van der Waals surface area contributed by atoms with Gasteiger partial charge in [0, 0.05) is 24.7 Å².